The summed E-state index contributed by atoms with van der Waals surface area (Å²) in [7, 11) is 0. The zero-order chi connectivity index (χ0) is 21.8. The Bertz CT molecular complexity index is 1090. The lowest BCUT2D eigenvalue weighted by molar-refractivity contribution is 0.0598. The van der Waals surface area contributed by atoms with Crippen LogP contribution in [0.2, 0.25) is 5.02 Å². The largest absolute Gasteiger partial charge is 0.328 e. The zero-order valence-electron chi connectivity index (χ0n) is 17.1. The number of aromatic nitrogens is 3. The highest BCUT2D eigenvalue weighted by Crippen LogP contribution is 2.30. The molecule has 0 saturated carbocycles. The maximum Gasteiger partial charge on any atom is 0.259 e. The first kappa shape index (κ1) is 20.9. The van der Waals surface area contributed by atoms with Crippen molar-refractivity contribution in [1.29, 1.82) is 0 Å². The van der Waals surface area contributed by atoms with E-state index in [2.05, 4.69) is 20.3 Å². The van der Waals surface area contributed by atoms with Crippen LogP contribution in [0.4, 0.5) is 5.69 Å². The van der Waals surface area contributed by atoms with Crippen molar-refractivity contribution in [2.24, 2.45) is 0 Å². The standard InChI is InChI=1S/C23H22ClN5O2/c1-15-19(22(30)28-18-9-7-17(24)8-10-18)14-26-21(27-15)20-6-2-3-12-29(20)23(31)16-5-4-11-25-13-16/h4-5,7-11,13-14,20H,2-3,6,12H2,1H3,(H,28,30). The van der Waals surface area contributed by atoms with E-state index in [0.29, 0.717) is 39.9 Å². The van der Waals surface area contributed by atoms with Crippen LogP contribution in [-0.4, -0.2) is 38.2 Å². The Kier molecular flexibility index (Phi) is 6.23. The van der Waals surface area contributed by atoms with Gasteiger partial charge in [-0.3, -0.25) is 14.6 Å². The quantitative estimate of drug-likeness (QED) is 0.653. The number of anilines is 1. The number of benzene rings is 1. The number of likely N-dealkylation sites (tertiary alicyclic amines) is 1. The molecule has 2 aromatic heterocycles. The molecule has 31 heavy (non-hydrogen) atoms. The number of carbonyl (C=O) groups is 2. The van der Waals surface area contributed by atoms with Crippen LogP contribution < -0.4 is 5.32 Å². The number of nitrogens with one attached hydrogen (secondary N) is 1. The minimum atomic E-state index is -0.293. The van der Waals surface area contributed by atoms with Gasteiger partial charge < -0.3 is 10.2 Å². The van der Waals surface area contributed by atoms with Gasteiger partial charge in [-0.05, 0) is 62.6 Å². The topological polar surface area (TPSA) is 88.1 Å². The monoisotopic (exact) mass is 435 g/mol. The van der Waals surface area contributed by atoms with Gasteiger partial charge in [0.1, 0.15) is 0 Å². The summed E-state index contributed by atoms with van der Waals surface area (Å²) in [5.41, 5.74) is 2.14. The van der Waals surface area contributed by atoms with Crippen molar-refractivity contribution >= 4 is 29.1 Å². The second-order valence-corrected chi connectivity index (χ2v) is 7.88. The molecule has 1 aliphatic heterocycles. The molecule has 1 fully saturated rings. The van der Waals surface area contributed by atoms with Crippen LogP contribution in [0.15, 0.2) is 55.0 Å². The Morgan fingerprint density at radius 1 is 1.13 bits per heavy atom. The molecule has 158 valence electrons. The molecule has 1 aliphatic rings. The molecule has 0 bridgehead atoms. The van der Waals surface area contributed by atoms with Crippen LogP contribution in [0.25, 0.3) is 0 Å². The lowest BCUT2D eigenvalue weighted by Gasteiger charge is -2.34. The first-order valence-corrected chi connectivity index (χ1v) is 10.5. The molecule has 0 spiro atoms. The molecular formula is C23H22ClN5O2. The molecule has 7 nitrogen and oxygen atoms in total. The fourth-order valence-electron chi connectivity index (χ4n) is 3.70. The predicted octanol–water partition coefficient (Wildman–Crippen LogP) is 4.45. The van der Waals surface area contributed by atoms with E-state index >= 15 is 0 Å². The summed E-state index contributed by atoms with van der Waals surface area (Å²) in [6.45, 7) is 2.41. The molecule has 0 aliphatic carbocycles. The molecule has 3 heterocycles. The fraction of sp³-hybridized carbons (Fsp3) is 0.261. The first-order valence-electron chi connectivity index (χ1n) is 10.1. The summed E-state index contributed by atoms with van der Waals surface area (Å²) < 4.78 is 0. The minimum Gasteiger partial charge on any atom is -0.328 e. The van der Waals surface area contributed by atoms with E-state index in [4.69, 9.17) is 11.6 Å². The highest BCUT2D eigenvalue weighted by atomic mass is 35.5. The molecule has 1 unspecified atom stereocenters. The van der Waals surface area contributed by atoms with Crippen molar-refractivity contribution in [1.82, 2.24) is 19.9 Å². The van der Waals surface area contributed by atoms with Crippen LogP contribution in [0.3, 0.4) is 0 Å². The van der Waals surface area contributed by atoms with E-state index in [-0.39, 0.29) is 17.9 Å². The summed E-state index contributed by atoms with van der Waals surface area (Å²) in [5, 5.41) is 3.42. The van der Waals surface area contributed by atoms with Crippen molar-refractivity contribution in [3.05, 3.63) is 82.7 Å². The van der Waals surface area contributed by atoms with Crippen LogP contribution in [0.5, 0.6) is 0 Å². The third-order valence-corrected chi connectivity index (χ3v) is 5.57. The van der Waals surface area contributed by atoms with Crippen LogP contribution in [-0.2, 0) is 0 Å². The van der Waals surface area contributed by atoms with Gasteiger partial charge in [0.05, 0.1) is 22.9 Å². The SMILES string of the molecule is Cc1nc(C2CCCCN2C(=O)c2cccnc2)ncc1C(=O)Nc1ccc(Cl)cc1. The predicted molar refractivity (Wildman–Crippen MR) is 118 cm³/mol. The van der Waals surface area contributed by atoms with Gasteiger partial charge in [0.2, 0.25) is 0 Å². The van der Waals surface area contributed by atoms with Gasteiger partial charge in [-0.15, -0.1) is 0 Å². The minimum absolute atomic E-state index is 0.0800. The normalized spacial score (nSPS) is 16.1. The van der Waals surface area contributed by atoms with E-state index in [1.807, 2.05) is 4.90 Å². The van der Waals surface area contributed by atoms with Crippen LogP contribution in [0, 0.1) is 6.92 Å². The Morgan fingerprint density at radius 2 is 1.94 bits per heavy atom. The number of hydrogen-bond acceptors (Lipinski definition) is 5. The average Bonchev–Trinajstić information content (AvgIpc) is 2.80. The van der Waals surface area contributed by atoms with Gasteiger partial charge in [0.25, 0.3) is 11.8 Å². The number of nitrogens with zero attached hydrogens (tertiary/aromatic N) is 4. The smallest absolute Gasteiger partial charge is 0.259 e. The average molecular weight is 436 g/mol. The van der Waals surface area contributed by atoms with E-state index in [9.17, 15) is 9.59 Å². The molecule has 1 saturated heterocycles. The summed E-state index contributed by atoms with van der Waals surface area (Å²) in [4.78, 5) is 40.6. The lowest BCUT2D eigenvalue weighted by Crippen LogP contribution is -2.39. The number of carbonyl (C=O) groups excluding carboxylic acids is 2. The summed E-state index contributed by atoms with van der Waals surface area (Å²) in [6.07, 6.45) is 7.45. The summed E-state index contributed by atoms with van der Waals surface area (Å²) >= 11 is 5.89. The highest BCUT2D eigenvalue weighted by Gasteiger charge is 2.31. The van der Waals surface area contributed by atoms with E-state index in [1.165, 1.54) is 6.20 Å². The van der Waals surface area contributed by atoms with Crippen molar-refractivity contribution in [2.45, 2.75) is 32.2 Å². The second kappa shape index (κ2) is 9.22. The molecule has 2 amide bonds. The van der Waals surface area contributed by atoms with Gasteiger partial charge in [0, 0.05) is 35.8 Å². The van der Waals surface area contributed by atoms with Gasteiger partial charge >= 0.3 is 0 Å². The van der Waals surface area contributed by atoms with E-state index in [1.54, 1.807) is 55.7 Å². The lowest BCUT2D eigenvalue weighted by atomic mass is 10.00. The number of rotatable bonds is 4. The summed E-state index contributed by atoms with van der Waals surface area (Å²) in [5.74, 6) is 0.180. The van der Waals surface area contributed by atoms with Crippen LogP contribution in [0.1, 0.15) is 57.5 Å². The highest BCUT2D eigenvalue weighted by molar-refractivity contribution is 6.30. The number of halogens is 1. The number of amides is 2. The van der Waals surface area contributed by atoms with Gasteiger partial charge in [-0.2, -0.15) is 0 Å². The molecule has 4 rings (SSSR count). The maximum atomic E-state index is 13.0. The van der Waals surface area contributed by atoms with Gasteiger partial charge in [-0.25, -0.2) is 9.97 Å². The van der Waals surface area contributed by atoms with Crippen molar-refractivity contribution in [3.8, 4) is 0 Å². The molecule has 1 atom stereocenters. The number of hydrogen-bond donors (Lipinski definition) is 1. The van der Waals surface area contributed by atoms with Gasteiger partial charge in [0.15, 0.2) is 5.82 Å². The van der Waals surface area contributed by atoms with Crippen molar-refractivity contribution in [3.63, 3.8) is 0 Å². The van der Waals surface area contributed by atoms with E-state index < -0.39 is 0 Å². The Balaban J connectivity index is 1.55. The number of pyridine rings is 1. The van der Waals surface area contributed by atoms with Crippen molar-refractivity contribution < 1.29 is 9.59 Å². The Labute approximate surface area is 185 Å². The number of aryl methyl sites for hydroxylation is 1. The second-order valence-electron chi connectivity index (χ2n) is 7.44. The Morgan fingerprint density at radius 3 is 2.65 bits per heavy atom. The van der Waals surface area contributed by atoms with Gasteiger partial charge in [-0.1, -0.05) is 11.6 Å². The van der Waals surface area contributed by atoms with Crippen molar-refractivity contribution in [2.75, 3.05) is 11.9 Å². The zero-order valence-corrected chi connectivity index (χ0v) is 17.8. The third-order valence-electron chi connectivity index (χ3n) is 5.31. The molecule has 1 N–H and O–H groups in total. The number of piperidine rings is 1. The molecule has 3 aromatic rings. The molecule has 1 aromatic carbocycles. The maximum absolute atomic E-state index is 13.0. The fourth-order valence-corrected chi connectivity index (χ4v) is 3.82. The first-order chi connectivity index (χ1) is 15.0. The molecular weight excluding hydrogens is 414 g/mol. The molecule has 8 heteroatoms. The Hall–Kier alpha value is -3.32. The third kappa shape index (κ3) is 4.72. The van der Waals surface area contributed by atoms with Crippen LogP contribution >= 0.6 is 11.6 Å². The van der Waals surface area contributed by atoms with E-state index in [0.717, 1.165) is 19.3 Å². The molecule has 0 radical (unpaired) electrons. The summed E-state index contributed by atoms with van der Waals surface area (Å²) in [6, 6.07) is 10.2.